The van der Waals surface area contributed by atoms with Crippen LogP contribution in [0.25, 0.3) is 0 Å². The SMILES string of the molecule is ClCCCC#C[B-]1([C@H]2CCC[C@@H]2c2ccco2)OCCCO1.[Li+]. The van der Waals surface area contributed by atoms with E-state index in [1.807, 2.05) is 6.07 Å². The Balaban J connectivity index is 0.00000192. The van der Waals surface area contributed by atoms with Gasteiger partial charge < -0.3 is 13.7 Å². The van der Waals surface area contributed by atoms with E-state index in [0.717, 1.165) is 51.1 Å². The van der Waals surface area contributed by atoms with Crippen molar-refractivity contribution in [2.75, 3.05) is 19.1 Å². The summed E-state index contributed by atoms with van der Waals surface area (Å²) in [4.78, 5) is 0. The molecular weight excluding hydrogens is 305 g/mol. The molecule has 0 radical (unpaired) electrons. The van der Waals surface area contributed by atoms with E-state index >= 15 is 0 Å². The van der Waals surface area contributed by atoms with Crippen molar-refractivity contribution in [1.82, 2.24) is 0 Å². The molecule has 0 spiro atoms. The minimum atomic E-state index is -1.54. The van der Waals surface area contributed by atoms with Gasteiger partial charge in [-0.1, -0.05) is 18.7 Å². The van der Waals surface area contributed by atoms with Crippen molar-refractivity contribution in [1.29, 1.82) is 0 Å². The molecule has 0 bridgehead atoms. The first kappa shape index (κ1) is 19.0. The van der Waals surface area contributed by atoms with Gasteiger partial charge in [0.1, 0.15) is 5.76 Å². The molecule has 3 nitrogen and oxygen atoms in total. The van der Waals surface area contributed by atoms with E-state index in [4.69, 9.17) is 25.3 Å². The molecule has 23 heavy (non-hydrogen) atoms. The molecule has 0 aromatic carbocycles. The first-order valence-electron chi connectivity index (χ1n) is 8.38. The predicted molar refractivity (Wildman–Crippen MR) is 89.1 cm³/mol. The number of unbranched alkanes of at least 4 members (excludes halogenated alkanes) is 1. The van der Waals surface area contributed by atoms with Crippen LogP contribution < -0.4 is 18.9 Å². The van der Waals surface area contributed by atoms with E-state index in [2.05, 4.69) is 17.8 Å². The molecule has 6 heteroatoms. The van der Waals surface area contributed by atoms with Crippen molar-refractivity contribution in [3.05, 3.63) is 24.2 Å². The van der Waals surface area contributed by atoms with Crippen molar-refractivity contribution in [2.24, 2.45) is 0 Å². The molecule has 120 valence electrons. The van der Waals surface area contributed by atoms with Gasteiger partial charge in [-0.05, 0) is 37.3 Å². The quantitative estimate of drug-likeness (QED) is 0.362. The van der Waals surface area contributed by atoms with Crippen LogP contribution in [0.15, 0.2) is 22.8 Å². The maximum atomic E-state index is 6.15. The number of furan rings is 1. The second-order valence-electron chi connectivity index (χ2n) is 6.20. The maximum Gasteiger partial charge on any atom is 1.00 e. The third-order valence-corrected chi connectivity index (χ3v) is 5.07. The fraction of sp³-hybridized carbons (Fsp3) is 0.647. The largest absolute Gasteiger partial charge is 1.00 e. The number of rotatable bonds is 4. The van der Waals surface area contributed by atoms with Crippen LogP contribution in [0.1, 0.15) is 50.2 Å². The van der Waals surface area contributed by atoms with Crippen molar-refractivity contribution in [2.45, 2.75) is 50.3 Å². The van der Waals surface area contributed by atoms with Crippen molar-refractivity contribution < 1.29 is 32.6 Å². The molecule has 1 saturated carbocycles. The molecule has 1 aromatic heterocycles. The molecule has 2 atom stereocenters. The monoisotopic (exact) mass is 328 g/mol. The minimum absolute atomic E-state index is 0. The summed E-state index contributed by atoms with van der Waals surface area (Å²) in [7, 11) is 0. The summed E-state index contributed by atoms with van der Waals surface area (Å²) in [6.45, 7) is -0.0551. The summed E-state index contributed by atoms with van der Waals surface area (Å²) in [6.07, 6.45) is 7.80. The van der Waals surface area contributed by atoms with Gasteiger partial charge in [0, 0.05) is 25.5 Å². The van der Waals surface area contributed by atoms with E-state index in [1.54, 1.807) is 6.26 Å². The van der Waals surface area contributed by atoms with Crippen molar-refractivity contribution in [3.8, 4) is 11.7 Å². The van der Waals surface area contributed by atoms with E-state index in [1.165, 1.54) is 6.42 Å². The minimum Gasteiger partial charge on any atom is -0.558 e. The summed E-state index contributed by atoms with van der Waals surface area (Å²) >= 11 is 5.74. The van der Waals surface area contributed by atoms with Crippen LogP contribution in [0.4, 0.5) is 0 Å². The summed E-state index contributed by atoms with van der Waals surface area (Å²) in [5.41, 5.74) is 0. The Morgan fingerprint density at radius 1 is 1.22 bits per heavy atom. The molecule has 2 heterocycles. The van der Waals surface area contributed by atoms with Gasteiger partial charge >= 0.3 is 25.4 Å². The number of alkyl halides is 1. The van der Waals surface area contributed by atoms with E-state index in [9.17, 15) is 0 Å². The molecule has 0 N–H and O–H groups in total. The smallest absolute Gasteiger partial charge is 0.558 e. The van der Waals surface area contributed by atoms with Crippen LogP contribution in [-0.2, 0) is 9.31 Å². The summed E-state index contributed by atoms with van der Waals surface area (Å²) < 4.78 is 18.0. The third-order valence-electron chi connectivity index (χ3n) is 4.80. The van der Waals surface area contributed by atoms with Gasteiger partial charge in [-0.3, -0.25) is 0 Å². The number of hydrogen-bond acceptors (Lipinski definition) is 3. The van der Waals surface area contributed by atoms with E-state index < -0.39 is 6.55 Å². The second kappa shape index (κ2) is 9.26. The molecule has 1 aliphatic heterocycles. The van der Waals surface area contributed by atoms with E-state index in [-0.39, 0.29) is 18.9 Å². The van der Waals surface area contributed by atoms with Crippen LogP contribution in [-0.4, -0.2) is 25.6 Å². The zero-order chi connectivity index (χ0) is 15.3. The molecular formula is C17H23BClLiO3. The second-order valence-corrected chi connectivity index (χ2v) is 6.57. The van der Waals surface area contributed by atoms with Crippen molar-refractivity contribution in [3.63, 3.8) is 0 Å². The van der Waals surface area contributed by atoms with Gasteiger partial charge in [-0.15, -0.1) is 17.5 Å². The zero-order valence-electron chi connectivity index (χ0n) is 13.9. The third kappa shape index (κ3) is 4.42. The first-order chi connectivity index (χ1) is 10.9. The summed E-state index contributed by atoms with van der Waals surface area (Å²) in [5.74, 6) is 8.97. The molecule has 1 aromatic rings. The Labute approximate surface area is 156 Å². The van der Waals surface area contributed by atoms with Gasteiger partial charge in [0.2, 0.25) is 0 Å². The van der Waals surface area contributed by atoms with Crippen LogP contribution in [0.5, 0.6) is 0 Å². The van der Waals surface area contributed by atoms with Crippen LogP contribution in [0.3, 0.4) is 0 Å². The fourth-order valence-corrected chi connectivity index (χ4v) is 3.93. The molecule has 0 amide bonds. The Kier molecular flexibility index (Phi) is 7.67. The maximum absolute atomic E-state index is 6.15. The molecule has 1 saturated heterocycles. The standard InChI is InChI=1S/C17H23BClO3.Li/c19-11-3-1-2-10-18(21-13-6-14-22-18)16-8-4-7-15(16)17-9-5-12-20-17;/h5,9,12,15-16H,1,3-4,6-8,11,13-14H2;/q-1;+1/t15-,16-;/m0./s1. The molecule has 2 fully saturated rings. The molecule has 0 unspecified atom stereocenters. The van der Waals surface area contributed by atoms with Gasteiger partial charge in [-0.2, -0.15) is 0 Å². The van der Waals surface area contributed by atoms with Gasteiger partial charge in [0.05, 0.1) is 6.26 Å². The van der Waals surface area contributed by atoms with Crippen LogP contribution in [0, 0.1) is 11.7 Å². The molecule has 3 rings (SSSR count). The van der Waals surface area contributed by atoms with Crippen LogP contribution >= 0.6 is 11.6 Å². The first-order valence-corrected chi connectivity index (χ1v) is 8.91. The van der Waals surface area contributed by atoms with E-state index in [0.29, 0.717) is 17.6 Å². The van der Waals surface area contributed by atoms with Crippen molar-refractivity contribution >= 4 is 18.2 Å². The average Bonchev–Trinajstić information content (AvgIpc) is 3.23. The Bertz CT molecular complexity index is 520. The molecule has 1 aliphatic carbocycles. The van der Waals surface area contributed by atoms with Gasteiger partial charge in [0.25, 0.3) is 0 Å². The Morgan fingerprint density at radius 3 is 2.74 bits per heavy atom. The number of hydrogen-bond donors (Lipinski definition) is 0. The average molecular weight is 329 g/mol. The van der Waals surface area contributed by atoms with Gasteiger partial charge in [0.15, 0.2) is 0 Å². The van der Waals surface area contributed by atoms with Crippen LogP contribution in [0.2, 0.25) is 5.82 Å². The Hall–Kier alpha value is -0.288. The summed E-state index contributed by atoms with van der Waals surface area (Å²) in [5, 5.41) is 0. The fourth-order valence-electron chi connectivity index (χ4n) is 3.80. The number of halogens is 1. The topological polar surface area (TPSA) is 31.6 Å². The predicted octanol–water partition coefficient (Wildman–Crippen LogP) is 1.36. The zero-order valence-corrected chi connectivity index (χ0v) is 14.7. The molecule has 2 aliphatic rings. The normalized spacial score (nSPS) is 26.1. The van der Waals surface area contributed by atoms with Gasteiger partial charge in [-0.25, -0.2) is 5.82 Å². The summed E-state index contributed by atoms with van der Waals surface area (Å²) in [6, 6.07) is 4.02. The Morgan fingerprint density at radius 2 is 2.04 bits per heavy atom.